The molecule has 1 amide bonds. The fraction of sp³-hybridized carbons (Fsp3) is 0.462. The van der Waals surface area contributed by atoms with Crippen LogP contribution in [0, 0.1) is 12.3 Å². The van der Waals surface area contributed by atoms with Crippen LogP contribution in [0.2, 0.25) is 0 Å². The molecule has 0 spiro atoms. The van der Waals surface area contributed by atoms with E-state index >= 15 is 0 Å². The van der Waals surface area contributed by atoms with Gasteiger partial charge in [-0.25, -0.2) is 0 Å². The lowest BCUT2D eigenvalue weighted by molar-refractivity contribution is -0.129. The van der Waals surface area contributed by atoms with Crippen molar-refractivity contribution in [2.24, 2.45) is 11.1 Å². The monoisotopic (exact) mass is 256 g/mol. The van der Waals surface area contributed by atoms with Gasteiger partial charge in [-0.1, -0.05) is 29.8 Å². The SMILES string of the molecule is Cc1cccc(CNC(=O)C(C)(C)CN)c1.Cl. The summed E-state index contributed by atoms with van der Waals surface area (Å²) in [5.41, 5.74) is 7.35. The van der Waals surface area contributed by atoms with Crippen LogP contribution in [0.5, 0.6) is 0 Å². The molecule has 0 aliphatic heterocycles. The number of nitrogens with two attached hydrogens (primary N) is 1. The van der Waals surface area contributed by atoms with E-state index in [1.165, 1.54) is 5.56 Å². The molecule has 0 atom stereocenters. The number of nitrogens with one attached hydrogen (secondary N) is 1. The highest BCUT2D eigenvalue weighted by Gasteiger charge is 2.25. The molecule has 0 unspecified atom stereocenters. The van der Waals surface area contributed by atoms with Crippen LogP contribution in [0.4, 0.5) is 0 Å². The Morgan fingerprint density at radius 2 is 2.06 bits per heavy atom. The van der Waals surface area contributed by atoms with Gasteiger partial charge in [0.05, 0.1) is 5.41 Å². The number of benzene rings is 1. The number of amides is 1. The molecular formula is C13H21ClN2O. The summed E-state index contributed by atoms with van der Waals surface area (Å²) in [4.78, 5) is 11.8. The van der Waals surface area contributed by atoms with E-state index in [-0.39, 0.29) is 18.3 Å². The van der Waals surface area contributed by atoms with Crippen LogP contribution in [0.25, 0.3) is 0 Å². The molecule has 0 aliphatic rings. The first-order valence-corrected chi connectivity index (χ1v) is 5.49. The maximum absolute atomic E-state index is 11.8. The lowest BCUT2D eigenvalue weighted by atomic mass is 9.92. The van der Waals surface area contributed by atoms with Gasteiger partial charge >= 0.3 is 0 Å². The van der Waals surface area contributed by atoms with Gasteiger partial charge in [0.15, 0.2) is 0 Å². The number of hydrogen-bond acceptors (Lipinski definition) is 2. The van der Waals surface area contributed by atoms with E-state index in [9.17, 15) is 4.79 Å². The molecule has 0 saturated heterocycles. The highest BCUT2D eigenvalue weighted by Crippen LogP contribution is 2.12. The van der Waals surface area contributed by atoms with Crippen LogP contribution in [-0.2, 0) is 11.3 Å². The van der Waals surface area contributed by atoms with Crippen LogP contribution < -0.4 is 11.1 Å². The fourth-order valence-corrected chi connectivity index (χ4v) is 1.34. The molecule has 1 rings (SSSR count). The smallest absolute Gasteiger partial charge is 0.227 e. The van der Waals surface area contributed by atoms with Crippen LogP contribution in [-0.4, -0.2) is 12.5 Å². The Kier molecular flexibility index (Phi) is 6.21. The Bertz CT molecular complexity index is 377. The van der Waals surface area contributed by atoms with Crippen molar-refractivity contribution in [1.82, 2.24) is 5.32 Å². The molecule has 0 radical (unpaired) electrons. The molecule has 3 nitrogen and oxygen atoms in total. The molecule has 0 heterocycles. The molecule has 4 heteroatoms. The van der Waals surface area contributed by atoms with Crippen molar-refractivity contribution in [3.8, 4) is 0 Å². The van der Waals surface area contributed by atoms with E-state index in [0.29, 0.717) is 13.1 Å². The second-order valence-corrected chi connectivity index (χ2v) is 4.76. The van der Waals surface area contributed by atoms with Crippen molar-refractivity contribution in [3.05, 3.63) is 35.4 Å². The van der Waals surface area contributed by atoms with Crippen molar-refractivity contribution >= 4 is 18.3 Å². The summed E-state index contributed by atoms with van der Waals surface area (Å²) in [5, 5.41) is 2.90. The van der Waals surface area contributed by atoms with Crippen LogP contribution in [0.3, 0.4) is 0 Å². The van der Waals surface area contributed by atoms with Gasteiger partial charge in [-0.2, -0.15) is 0 Å². The summed E-state index contributed by atoms with van der Waals surface area (Å²) < 4.78 is 0. The molecule has 0 bridgehead atoms. The summed E-state index contributed by atoms with van der Waals surface area (Å²) in [5.74, 6) is -0.00324. The average Bonchev–Trinajstić information content (AvgIpc) is 2.26. The van der Waals surface area contributed by atoms with Gasteiger partial charge in [-0.3, -0.25) is 4.79 Å². The number of halogens is 1. The molecule has 1 aromatic rings. The lowest BCUT2D eigenvalue weighted by Gasteiger charge is -2.21. The Morgan fingerprint density at radius 3 is 2.59 bits per heavy atom. The van der Waals surface area contributed by atoms with Gasteiger partial charge in [-0.15, -0.1) is 12.4 Å². The molecule has 17 heavy (non-hydrogen) atoms. The maximum Gasteiger partial charge on any atom is 0.227 e. The average molecular weight is 257 g/mol. The zero-order valence-corrected chi connectivity index (χ0v) is 11.4. The van der Waals surface area contributed by atoms with E-state index in [1.807, 2.05) is 39.0 Å². The summed E-state index contributed by atoms with van der Waals surface area (Å²) in [6.07, 6.45) is 0. The van der Waals surface area contributed by atoms with Gasteiger partial charge < -0.3 is 11.1 Å². The molecule has 96 valence electrons. The van der Waals surface area contributed by atoms with Crippen molar-refractivity contribution < 1.29 is 4.79 Å². The van der Waals surface area contributed by atoms with E-state index in [2.05, 4.69) is 11.4 Å². The normalized spacial score (nSPS) is 10.6. The number of carbonyl (C=O) groups is 1. The zero-order chi connectivity index (χ0) is 12.2. The number of carbonyl (C=O) groups excluding carboxylic acids is 1. The topological polar surface area (TPSA) is 55.1 Å². The van der Waals surface area contributed by atoms with Crippen molar-refractivity contribution in [1.29, 1.82) is 0 Å². The first-order valence-electron chi connectivity index (χ1n) is 5.49. The first-order chi connectivity index (χ1) is 7.45. The van der Waals surface area contributed by atoms with E-state index < -0.39 is 5.41 Å². The second-order valence-electron chi connectivity index (χ2n) is 4.76. The van der Waals surface area contributed by atoms with Gasteiger partial charge in [-0.05, 0) is 26.3 Å². The quantitative estimate of drug-likeness (QED) is 0.866. The van der Waals surface area contributed by atoms with Crippen molar-refractivity contribution in [2.45, 2.75) is 27.3 Å². The van der Waals surface area contributed by atoms with E-state index in [1.54, 1.807) is 0 Å². The highest BCUT2D eigenvalue weighted by atomic mass is 35.5. The molecule has 0 saturated carbocycles. The molecule has 3 N–H and O–H groups in total. The fourth-order valence-electron chi connectivity index (χ4n) is 1.34. The zero-order valence-electron chi connectivity index (χ0n) is 10.6. The third-order valence-corrected chi connectivity index (χ3v) is 2.66. The van der Waals surface area contributed by atoms with Gasteiger partial charge in [0.2, 0.25) is 5.91 Å². The Labute approximate surface area is 109 Å². The summed E-state index contributed by atoms with van der Waals surface area (Å²) >= 11 is 0. The van der Waals surface area contributed by atoms with Crippen molar-refractivity contribution in [3.63, 3.8) is 0 Å². The third kappa shape index (κ3) is 4.75. The third-order valence-electron chi connectivity index (χ3n) is 2.66. The number of hydrogen-bond donors (Lipinski definition) is 2. The first kappa shape index (κ1) is 15.9. The molecule has 0 aromatic heterocycles. The minimum absolute atomic E-state index is 0. The van der Waals surface area contributed by atoms with Gasteiger partial charge in [0.25, 0.3) is 0 Å². The molecular weight excluding hydrogens is 236 g/mol. The largest absolute Gasteiger partial charge is 0.352 e. The number of aryl methyl sites for hydroxylation is 1. The molecule has 0 aliphatic carbocycles. The standard InChI is InChI=1S/C13H20N2O.ClH/c1-10-5-4-6-11(7-10)8-15-12(16)13(2,3)9-14;/h4-7H,8-9,14H2,1-3H3,(H,15,16);1H. The van der Waals surface area contributed by atoms with E-state index in [4.69, 9.17) is 5.73 Å². The predicted octanol–water partition coefficient (Wildman–Crippen LogP) is 2.02. The van der Waals surface area contributed by atoms with Crippen LogP contribution in [0.15, 0.2) is 24.3 Å². The summed E-state index contributed by atoms with van der Waals surface area (Å²) in [7, 11) is 0. The predicted molar refractivity (Wildman–Crippen MR) is 73.1 cm³/mol. The summed E-state index contributed by atoms with van der Waals surface area (Å²) in [6, 6.07) is 8.10. The maximum atomic E-state index is 11.8. The minimum atomic E-state index is -0.496. The molecule has 1 aromatic carbocycles. The Morgan fingerprint density at radius 1 is 1.41 bits per heavy atom. The Hall–Kier alpha value is -1.06. The summed E-state index contributed by atoms with van der Waals surface area (Å²) in [6.45, 7) is 6.64. The van der Waals surface area contributed by atoms with E-state index in [0.717, 1.165) is 5.56 Å². The lowest BCUT2D eigenvalue weighted by Crippen LogP contribution is -2.41. The van der Waals surface area contributed by atoms with Crippen LogP contribution >= 0.6 is 12.4 Å². The van der Waals surface area contributed by atoms with Gasteiger partial charge in [0, 0.05) is 13.1 Å². The number of rotatable bonds is 4. The molecule has 0 fully saturated rings. The van der Waals surface area contributed by atoms with Crippen molar-refractivity contribution in [2.75, 3.05) is 6.54 Å². The highest BCUT2D eigenvalue weighted by molar-refractivity contribution is 5.85. The second kappa shape index (κ2) is 6.62. The minimum Gasteiger partial charge on any atom is -0.352 e. The van der Waals surface area contributed by atoms with Crippen LogP contribution in [0.1, 0.15) is 25.0 Å². The van der Waals surface area contributed by atoms with Gasteiger partial charge in [0.1, 0.15) is 0 Å². The Balaban J connectivity index is 0.00000256.